The minimum atomic E-state index is -0.551. The highest BCUT2D eigenvalue weighted by atomic mass is 16.4. The fourth-order valence-corrected chi connectivity index (χ4v) is 1.88. The Morgan fingerprint density at radius 3 is 2.62 bits per heavy atom. The summed E-state index contributed by atoms with van der Waals surface area (Å²) in [5.74, 6) is 0.114. The highest BCUT2D eigenvalue weighted by Crippen LogP contribution is 2.26. The van der Waals surface area contributed by atoms with Crippen LogP contribution in [0.15, 0.2) is 33.5 Å². The van der Waals surface area contributed by atoms with Crippen LogP contribution in [0.1, 0.15) is 30.9 Å². The van der Waals surface area contributed by atoms with Crippen LogP contribution in [0.2, 0.25) is 0 Å². The van der Waals surface area contributed by atoms with Crippen LogP contribution in [0.5, 0.6) is 0 Å². The molecular weight excluding hydrogens is 202 g/mol. The van der Waals surface area contributed by atoms with Crippen molar-refractivity contribution in [3.05, 3.63) is 45.8 Å². The highest BCUT2D eigenvalue weighted by molar-refractivity contribution is 5.82. The smallest absolute Gasteiger partial charge is 0.354 e. The first-order valence-corrected chi connectivity index (χ1v) is 5.11. The van der Waals surface area contributed by atoms with Gasteiger partial charge < -0.3 is 4.42 Å². The summed E-state index contributed by atoms with van der Waals surface area (Å²) in [5.41, 5.74) is 0.878. The number of fused-ring (bicyclic) bond motifs is 1. The first kappa shape index (κ1) is 10.4. The van der Waals surface area contributed by atoms with Crippen LogP contribution in [0.4, 0.5) is 0 Å². The fraction of sp³-hybridized carbons (Fsp3) is 0.231. The number of para-hydroxylation sites is 1. The molecule has 0 radical (unpaired) electrons. The normalized spacial score (nSPS) is 10.6. The third-order valence-electron chi connectivity index (χ3n) is 2.54. The van der Waals surface area contributed by atoms with Gasteiger partial charge in [0.25, 0.3) is 0 Å². The van der Waals surface area contributed by atoms with Crippen molar-refractivity contribution in [3.63, 3.8) is 0 Å². The lowest BCUT2D eigenvalue weighted by atomic mass is 9.95. The van der Waals surface area contributed by atoms with Gasteiger partial charge in [0.05, 0.1) is 0 Å². The second-order valence-electron chi connectivity index (χ2n) is 3.94. The molecule has 1 heterocycles. The van der Waals surface area contributed by atoms with Gasteiger partial charge in [0.2, 0.25) is 0 Å². The zero-order valence-corrected chi connectivity index (χ0v) is 9.15. The van der Waals surface area contributed by atoms with Crippen molar-refractivity contribution in [2.24, 2.45) is 0 Å². The highest BCUT2D eigenvalue weighted by Gasteiger charge is 2.16. The number of benzene rings is 1. The van der Waals surface area contributed by atoms with Crippen LogP contribution in [0, 0.1) is 11.3 Å². The molecule has 0 saturated heterocycles. The summed E-state index contributed by atoms with van der Waals surface area (Å²) in [6.07, 6.45) is 0. The first-order valence-electron chi connectivity index (χ1n) is 5.11. The number of nitrogens with zero attached hydrogens (tertiary/aromatic N) is 1. The zero-order valence-electron chi connectivity index (χ0n) is 9.15. The number of rotatable bonds is 1. The Bertz CT molecular complexity index is 632. The van der Waals surface area contributed by atoms with Crippen LogP contribution in [0.25, 0.3) is 11.0 Å². The minimum absolute atomic E-state index is 0.114. The molecule has 16 heavy (non-hydrogen) atoms. The lowest BCUT2D eigenvalue weighted by molar-refractivity contribution is 0.554. The number of hydrogen-bond acceptors (Lipinski definition) is 3. The van der Waals surface area contributed by atoms with Crippen LogP contribution in [-0.4, -0.2) is 0 Å². The Hall–Kier alpha value is -2.08. The van der Waals surface area contributed by atoms with Crippen molar-refractivity contribution in [1.82, 2.24) is 0 Å². The predicted octanol–water partition coefficient (Wildman–Crippen LogP) is 2.79. The molecule has 2 aromatic rings. The van der Waals surface area contributed by atoms with E-state index in [9.17, 15) is 4.79 Å². The molecular formula is C13H11NO2. The van der Waals surface area contributed by atoms with Gasteiger partial charge in [-0.1, -0.05) is 32.0 Å². The fourth-order valence-electron chi connectivity index (χ4n) is 1.88. The Morgan fingerprint density at radius 2 is 2.00 bits per heavy atom. The zero-order chi connectivity index (χ0) is 11.7. The van der Waals surface area contributed by atoms with Gasteiger partial charge in [-0.3, -0.25) is 0 Å². The van der Waals surface area contributed by atoms with E-state index in [4.69, 9.17) is 9.68 Å². The second-order valence-corrected chi connectivity index (χ2v) is 3.94. The minimum Gasteiger partial charge on any atom is -0.422 e. The van der Waals surface area contributed by atoms with E-state index >= 15 is 0 Å². The standard InChI is InChI=1S/C13H11NO2/c1-8(2)12-9-5-3-4-6-11(9)16-13(15)10(12)7-14/h3-6,8H,1-2H3. The second kappa shape index (κ2) is 3.82. The largest absolute Gasteiger partial charge is 0.422 e. The maximum absolute atomic E-state index is 11.6. The van der Waals surface area contributed by atoms with Crippen molar-refractivity contribution in [2.75, 3.05) is 0 Å². The van der Waals surface area contributed by atoms with Gasteiger partial charge in [-0.25, -0.2) is 4.79 Å². The first-order chi connectivity index (χ1) is 7.65. The number of nitriles is 1. The predicted molar refractivity (Wildman–Crippen MR) is 61.3 cm³/mol. The van der Waals surface area contributed by atoms with Gasteiger partial charge >= 0.3 is 5.63 Å². The Balaban J connectivity index is 3.00. The molecule has 2 rings (SSSR count). The third-order valence-corrected chi connectivity index (χ3v) is 2.54. The monoisotopic (exact) mass is 213 g/mol. The van der Waals surface area contributed by atoms with E-state index in [-0.39, 0.29) is 11.5 Å². The van der Waals surface area contributed by atoms with E-state index in [0.717, 1.165) is 10.9 Å². The molecule has 0 amide bonds. The van der Waals surface area contributed by atoms with Crippen molar-refractivity contribution < 1.29 is 4.42 Å². The molecule has 0 unspecified atom stereocenters. The molecule has 3 nitrogen and oxygen atoms in total. The average Bonchev–Trinajstić information content (AvgIpc) is 2.26. The van der Waals surface area contributed by atoms with E-state index in [2.05, 4.69) is 0 Å². The molecule has 0 spiro atoms. The molecule has 0 aliphatic rings. The summed E-state index contributed by atoms with van der Waals surface area (Å²) in [5, 5.41) is 9.84. The summed E-state index contributed by atoms with van der Waals surface area (Å²) in [6.45, 7) is 3.92. The van der Waals surface area contributed by atoms with Crippen molar-refractivity contribution >= 4 is 11.0 Å². The van der Waals surface area contributed by atoms with Gasteiger partial charge in [0.15, 0.2) is 0 Å². The van der Waals surface area contributed by atoms with Crippen molar-refractivity contribution in [1.29, 1.82) is 5.26 Å². The van der Waals surface area contributed by atoms with Gasteiger partial charge in [0.1, 0.15) is 17.2 Å². The maximum atomic E-state index is 11.6. The molecule has 1 aromatic heterocycles. The van der Waals surface area contributed by atoms with Crippen LogP contribution >= 0.6 is 0 Å². The summed E-state index contributed by atoms with van der Waals surface area (Å²) in [6, 6.07) is 9.22. The van der Waals surface area contributed by atoms with E-state index in [1.54, 1.807) is 12.1 Å². The van der Waals surface area contributed by atoms with E-state index in [1.165, 1.54) is 0 Å². The summed E-state index contributed by atoms with van der Waals surface area (Å²) in [7, 11) is 0. The summed E-state index contributed by atoms with van der Waals surface area (Å²) < 4.78 is 5.10. The van der Waals surface area contributed by atoms with Crippen molar-refractivity contribution in [2.45, 2.75) is 19.8 Å². The van der Waals surface area contributed by atoms with E-state index < -0.39 is 5.63 Å². The SMILES string of the molecule is CC(C)c1c(C#N)c(=O)oc2ccccc12. The summed E-state index contributed by atoms with van der Waals surface area (Å²) in [4.78, 5) is 11.6. The number of hydrogen-bond donors (Lipinski definition) is 0. The molecule has 0 saturated carbocycles. The molecule has 0 atom stereocenters. The van der Waals surface area contributed by atoms with Gasteiger partial charge in [0, 0.05) is 5.39 Å². The quantitative estimate of drug-likeness (QED) is 0.684. The molecule has 0 aliphatic carbocycles. The molecule has 0 fully saturated rings. The Labute approximate surface area is 92.9 Å². The molecule has 1 aromatic carbocycles. The van der Waals surface area contributed by atoms with Gasteiger partial charge in [-0.05, 0) is 17.5 Å². The lowest BCUT2D eigenvalue weighted by Gasteiger charge is -2.09. The van der Waals surface area contributed by atoms with E-state index in [1.807, 2.05) is 32.0 Å². The van der Waals surface area contributed by atoms with Crippen LogP contribution in [0.3, 0.4) is 0 Å². The Morgan fingerprint density at radius 1 is 1.31 bits per heavy atom. The lowest BCUT2D eigenvalue weighted by Crippen LogP contribution is -2.09. The molecule has 0 bridgehead atoms. The molecule has 0 N–H and O–H groups in total. The molecule has 80 valence electrons. The maximum Gasteiger partial charge on any atom is 0.354 e. The summed E-state index contributed by atoms with van der Waals surface area (Å²) >= 11 is 0. The Kier molecular flexibility index (Phi) is 2.49. The van der Waals surface area contributed by atoms with Crippen molar-refractivity contribution in [3.8, 4) is 6.07 Å². The average molecular weight is 213 g/mol. The van der Waals surface area contributed by atoms with Gasteiger partial charge in [-0.15, -0.1) is 0 Å². The topological polar surface area (TPSA) is 54.0 Å². The van der Waals surface area contributed by atoms with Crippen LogP contribution < -0.4 is 5.63 Å². The van der Waals surface area contributed by atoms with Crippen LogP contribution in [-0.2, 0) is 0 Å². The molecule has 0 aliphatic heterocycles. The van der Waals surface area contributed by atoms with E-state index in [0.29, 0.717) is 5.58 Å². The van der Waals surface area contributed by atoms with Gasteiger partial charge in [-0.2, -0.15) is 5.26 Å². The molecule has 3 heteroatoms. The third kappa shape index (κ3) is 1.49.